The van der Waals surface area contributed by atoms with Crippen LogP contribution in [0.3, 0.4) is 0 Å². The number of sulfonamides is 1. The smallest absolute Gasteiger partial charge is 0.244 e. The monoisotopic (exact) mass is 593 g/mol. The number of carbonyl (C=O) groups excluding carboxylic acids is 2. The molecule has 1 fully saturated rings. The van der Waals surface area contributed by atoms with Gasteiger partial charge in [-0.2, -0.15) is 0 Å². The maximum Gasteiger partial charge on any atom is 0.244 e. The predicted octanol–water partition coefficient (Wildman–Crippen LogP) is 5.30. The minimum absolute atomic E-state index is 0.0130. The molecule has 2 amide bonds. The molecule has 7 nitrogen and oxygen atoms in total. The number of carbonyl (C=O) groups is 2. The molecule has 0 saturated heterocycles. The zero-order valence-corrected chi connectivity index (χ0v) is 25.4. The second kappa shape index (κ2) is 14.0. The first-order valence-electron chi connectivity index (χ1n) is 14.4. The van der Waals surface area contributed by atoms with Gasteiger partial charge in [0, 0.05) is 19.0 Å². The van der Waals surface area contributed by atoms with Crippen LogP contribution in [0.4, 0.5) is 10.1 Å². The number of aryl methyl sites for hydroxylation is 2. The van der Waals surface area contributed by atoms with Crippen molar-refractivity contribution in [3.05, 3.63) is 101 Å². The van der Waals surface area contributed by atoms with Crippen LogP contribution in [0.5, 0.6) is 0 Å². The first-order chi connectivity index (χ1) is 20.0. The summed E-state index contributed by atoms with van der Waals surface area (Å²) in [6, 6.07) is 19.8. The fourth-order valence-corrected chi connectivity index (χ4v) is 6.62. The molecular weight excluding hydrogens is 553 g/mol. The second-order valence-electron chi connectivity index (χ2n) is 11.2. The number of para-hydroxylation sites is 1. The molecule has 1 N–H and O–H groups in total. The van der Waals surface area contributed by atoms with Crippen molar-refractivity contribution in [2.24, 2.45) is 0 Å². The molecule has 0 aromatic heterocycles. The maximum atomic E-state index is 14.3. The minimum Gasteiger partial charge on any atom is -0.352 e. The van der Waals surface area contributed by atoms with E-state index in [-0.39, 0.29) is 24.9 Å². The Bertz CT molecular complexity index is 1450. The highest BCUT2D eigenvalue weighted by atomic mass is 32.2. The summed E-state index contributed by atoms with van der Waals surface area (Å²) in [5, 5.41) is 3.18. The molecule has 9 heteroatoms. The molecule has 1 unspecified atom stereocenters. The lowest BCUT2D eigenvalue weighted by atomic mass is 9.94. The molecule has 1 saturated carbocycles. The molecule has 1 atom stereocenters. The third-order valence-corrected chi connectivity index (χ3v) is 8.97. The zero-order chi connectivity index (χ0) is 30.3. The molecule has 3 aromatic rings. The molecular formula is C33H40FN3O4S. The van der Waals surface area contributed by atoms with Gasteiger partial charge in [-0.05, 0) is 61.1 Å². The minimum atomic E-state index is -3.86. The van der Waals surface area contributed by atoms with E-state index < -0.39 is 34.3 Å². The van der Waals surface area contributed by atoms with Crippen LogP contribution in [0.15, 0.2) is 72.8 Å². The van der Waals surface area contributed by atoms with E-state index in [1.165, 1.54) is 17.0 Å². The highest BCUT2D eigenvalue weighted by Gasteiger charge is 2.34. The average molecular weight is 594 g/mol. The van der Waals surface area contributed by atoms with E-state index in [4.69, 9.17) is 0 Å². The first-order valence-corrected chi connectivity index (χ1v) is 16.3. The third kappa shape index (κ3) is 8.18. The number of hydrogen-bond donors (Lipinski definition) is 1. The van der Waals surface area contributed by atoms with Crippen LogP contribution in [0, 0.1) is 19.7 Å². The van der Waals surface area contributed by atoms with Gasteiger partial charge in [-0.15, -0.1) is 0 Å². The number of nitrogens with one attached hydrogen (secondary N) is 1. The van der Waals surface area contributed by atoms with E-state index in [0.29, 0.717) is 22.4 Å². The van der Waals surface area contributed by atoms with Gasteiger partial charge in [-0.25, -0.2) is 12.8 Å². The fourth-order valence-electron chi connectivity index (χ4n) is 5.66. The van der Waals surface area contributed by atoms with Gasteiger partial charge < -0.3 is 10.2 Å². The fraction of sp³-hybridized carbons (Fsp3) is 0.394. The van der Waals surface area contributed by atoms with Gasteiger partial charge >= 0.3 is 0 Å². The van der Waals surface area contributed by atoms with Gasteiger partial charge in [0.2, 0.25) is 21.8 Å². The standard InChI is InChI=1S/C33H40FN3O4S/c1-24-11-10-12-25(2)32(24)37(42(3,40)41)23-31(38)36(22-27-17-19-28(34)20-18-27)30(21-26-13-6-4-7-14-26)33(39)35-29-15-8-5-9-16-29/h4,6-7,10-14,17-20,29-30H,5,8-9,15-16,21-23H2,1-3H3,(H,35,39). The molecule has 1 aliphatic rings. The average Bonchev–Trinajstić information content (AvgIpc) is 2.95. The van der Waals surface area contributed by atoms with Crippen LogP contribution >= 0.6 is 0 Å². The molecule has 224 valence electrons. The Morgan fingerprint density at radius 1 is 0.881 bits per heavy atom. The molecule has 42 heavy (non-hydrogen) atoms. The van der Waals surface area contributed by atoms with Gasteiger partial charge in [0.25, 0.3) is 0 Å². The van der Waals surface area contributed by atoms with Gasteiger partial charge in [0.05, 0.1) is 11.9 Å². The van der Waals surface area contributed by atoms with Gasteiger partial charge in [0.15, 0.2) is 0 Å². The lowest BCUT2D eigenvalue weighted by Gasteiger charge is -2.35. The number of anilines is 1. The Morgan fingerprint density at radius 2 is 1.50 bits per heavy atom. The Hall–Kier alpha value is -3.72. The van der Waals surface area contributed by atoms with E-state index >= 15 is 0 Å². The third-order valence-electron chi connectivity index (χ3n) is 7.86. The molecule has 1 aliphatic carbocycles. The van der Waals surface area contributed by atoms with Crippen LogP contribution in [0.1, 0.15) is 54.4 Å². The Balaban J connectivity index is 1.74. The highest BCUT2D eigenvalue weighted by molar-refractivity contribution is 7.92. The molecule has 0 heterocycles. The van der Waals surface area contributed by atoms with Crippen LogP contribution in [0.25, 0.3) is 0 Å². The predicted molar refractivity (Wildman–Crippen MR) is 164 cm³/mol. The Morgan fingerprint density at radius 3 is 2.10 bits per heavy atom. The second-order valence-corrected chi connectivity index (χ2v) is 13.1. The van der Waals surface area contributed by atoms with E-state index in [1.807, 2.05) is 36.4 Å². The molecule has 0 bridgehead atoms. The summed E-state index contributed by atoms with van der Waals surface area (Å²) in [5.74, 6) is -1.21. The van der Waals surface area contributed by atoms with E-state index in [2.05, 4.69) is 5.32 Å². The van der Waals surface area contributed by atoms with Crippen LogP contribution in [0.2, 0.25) is 0 Å². The maximum absolute atomic E-state index is 14.3. The van der Waals surface area contributed by atoms with Crippen molar-refractivity contribution >= 4 is 27.5 Å². The summed E-state index contributed by atoms with van der Waals surface area (Å²) in [7, 11) is -3.86. The summed E-state index contributed by atoms with van der Waals surface area (Å²) in [6.45, 7) is 3.14. The molecule has 0 radical (unpaired) electrons. The SMILES string of the molecule is Cc1cccc(C)c1N(CC(=O)N(Cc1ccc(F)cc1)C(Cc1ccccc1)C(=O)NC1CCCCC1)S(C)(=O)=O. The number of rotatable bonds is 11. The highest BCUT2D eigenvalue weighted by Crippen LogP contribution is 2.27. The van der Waals surface area contributed by atoms with Crippen molar-refractivity contribution in [2.45, 2.75) is 71.0 Å². The van der Waals surface area contributed by atoms with Crippen molar-refractivity contribution in [3.8, 4) is 0 Å². The Kier molecular flexibility index (Phi) is 10.4. The normalized spacial score (nSPS) is 14.7. The molecule has 0 aliphatic heterocycles. The first kappa shape index (κ1) is 31.2. The number of benzene rings is 3. The quantitative estimate of drug-likeness (QED) is 0.327. The lowest BCUT2D eigenvalue weighted by Crippen LogP contribution is -2.55. The zero-order valence-electron chi connectivity index (χ0n) is 24.6. The van der Waals surface area contributed by atoms with Gasteiger partial charge in [0.1, 0.15) is 18.4 Å². The topological polar surface area (TPSA) is 86.8 Å². The Labute approximate surface area is 248 Å². The van der Waals surface area contributed by atoms with Crippen LogP contribution in [-0.2, 0) is 32.6 Å². The van der Waals surface area contributed by atoms with Crippen molar-refractivity contribution in [1.29, 1.82) is 0 Å². The largest absolute Gasteiger partial charge is 0.352 e. The summed E-state index contributed by atoms with van der Waals surface area (Å²) >= 11 is 0. The van der Waals surface area contributed by atoms with Crippen molar-refractivity contribution in [2.75, 3.05) is 17.1 Å². The summed E-state index contributed by atoms with van der Waals surface area (Å²) in [5.41, 5.74) is 3.38. The number of nitrogens with zero attached hydrogens (tertiary/aromatic N) is 2. The number of amides is 2. The molecule has 0 spiro atoms. The van der Waals surface area contributed by atoms with Crippen LogP contribution in [-0.4, -0.2) is 50.0 Å². The summed E-state index contributed by atoms with van der Waals surface area (Å²) in [6.07, 6.45) is 6.28. The molecule has 3 aromatic carbocycles. The van der Waals surface area contributed by atoms with Crippen LogP contribution < -0.4 is 9.62 Å². The summed E-state index contributed by atoms with van der Waals surface area (Å²) in [4.78, 5) is 29.7. The number of hydrogen-bond acceptors (Lipinski definition) is 4. The van der Waals surface area contributed by atoms with Gasteiger partial charge in [-0.1, -0.05) is 79.9 Å². The van der Waals surface area contributed by atoms with E-state index in [1.54, 1.807) is 38.1 Å². The van der Waals surface area contributed by atoms with E-state index in [0.717, 1.165) is 48.2 Å². The van der Waals surface area contributed by atoms with E-state index in [9.17, 15) is 22.4 Å². The lowest BCUT2D eigenvalue weighted by molar-refractivity contribution is -0.140. The number of halogens is 1. The van der Waals surface area contributed by atoms with Gasteiger partial charge in [-0.3, -0.25) is 13.9 Å². The molecule has 4 rings (SSSR count). The van der Waals surface area contributed by atoms with Crippen molar-refractivity contribution in [1.82, 2.24) is 10.2 Å². The van der Waals surface area contributed by atoms with Crippen molar-refractivity contribution < 1.29 is 22.4 Å². The summed E-state index contributed by atoms with van der Waals surface area (Å²) < 4.78 is 41.1. The van der Waals surface area contributed by atoms with Crippen molar-refractivity contribution in [3.63, 3.8) is 0 Å².